The quantitative estimate of drug-likeness (QED) is 0.585. The van der Waals surface area contributed by atoms with Gasteiger partial charge in [0.25, 0.3) is 0 Å². The predicted molar refractivity (Wildman–Crippen MR) is 87.6 cm³/mol. The third-order valence-corrected chi connectivity index (χ3v) is 4.13. The number of benzene rings is 2. The molecule has 1 aliphatic heterocycles. The fourth-order valence-electron chi connectivity index (χ4n) is 2.73. The van der Waals surface area contributed by atoms with E-state index in [-0.39, 0.29) is 10.6 Å². The number of para-hydroxylation sites is 1. The summed E-state index contributed by atoms with van der Waals surface area (Å²) in [5.41, 5.74) is 1.74. The summed E-state index contributed by atoms with van der Waals surface area (Å²) in [6, 6.07) is 13.8. The molecule has 22 heavy (non-hydrogen) atoms. The third kappa shape index (κ3) is 2.48. The molecule has 0 aromatic heterocycles. The Hall–Kier alpha value is -1.94. The number of carbonyl (C=O) groups excluding carboxylic acids is 1. The Morgan fingerprint density at radius 2 is 1.86 bits per heavy atom. The summed E-state index contributed by atoms with van der Waals surface area (Å²) >= 11 is 3.49. The van der Waals surface area contributed by atoms with Crippen molar-refractivity contribution in [3.63, 3.8) is 0 Å². The largest absolute Gasteiger partial charge is 0.460 e. The van der Waals surface area contributed by atoms with Gasteiger partial charge in [-0.1, -0.05) is 52.3 Å². The summed E-state index contributed by atoms with van der Waals surface area (Å²) < 4.78 is 20.2. The number of halogens is 2. The Morgan fingerprint density at radius 1 is 1.18 bits per heavy atom. The van der Waals surface area contributed by atoms with Crippen LogP contribution in [0, 0.1) is 5.82 Å². The van der Waals surface area contributed by atoms with Crippen molar-refractivity contribution >= 4 is 27.8 Å². The van der Waals surface area contributed by atoms with E-state index in [0.717, 1.165) is 11.8 Å². The SMILES string of the molecule is CC(Br)C1=C(c2ccccc2F)C(C=O)c2ccccc2O1. The second-order valence-corrected chi connectivity index (χ2v) is 6.50. The van der Waals surface area contributed by atoms with Crippen LogP contribution >= 0.6 is 15.9 Å². The number of fused-ring (bicyclic) bond motifs is 1. The van der Waals surface area contributed by atoms with Gasteiger partial charge in [-0.25, -0.2) is 4.39 Å². The van der Waals surface area contributed by atoms with Crippen LogP contribution < -0.4 is 4.74 Å². The topological polar surface area (TPSA) is 26.3 Å². The molecule has 0 bridgehead atoms. The van der Waals surface area contributed by atoms with Crippen LogP contribution in [-0.4, -0.2) is 11.1 Å². The Bertz CT molecular complexity index is 752. The first-order valence-corrected chi connectivity index (χ1v) is 7.90. The summed E-state index contributed by atoms with van der Waals surface area (Å²) in [6.07, 6.45) is 0.846. The van der Waals surface area contributed by atoms with Crippen molar-refractivity contribution in [3.05, 3.63) is 71.2 Å². The lowest BCUT2D eigenvalue weighted by Gasteiger charge is -2.29. The first-order chi connectivity index (χ1) is 10.6. The third-order valence-electron chi connectivity index (χ3n) is 3.71. The molecule has 4 heteroatoms. The molecule has 0 spiro atoms. The molecule has 0 saturated carbocycles. The van der Waals surface area contributed by atoms with Gasteiger partial charge in [0.2, 0.25) is 0 Å². The fraction of sp³-hybridized carbons (Fsp3) is 0.167. The van der Waals surface area contributed by atoms with Gasteiger partial charge in [0.05, 0.1) is 10.7 Å². The maximum Gasteiger partial charge on any atom is 0.132 e. The second-order valence-electron chi connectivity index (χ2n) is 5.13. The van der Waals surface area contributed by atoms with E-state index in [1.807, 2.05) is 31.2 Å². The number of alkyl halides is 1. The number of hydrogen-bond acceptors (Lipinski definition) is 2. The van der Waals surface area contributed by atoms with Gasteiger partial charge in [0.1, 0.15) is 23.6 Å². The van der Waals surface area contributed by atoms with Gasteiger partial charge in [0, 0.05) is 16.7 Å². The number of hydrogen-bond donors (Lipinski definition) is 0. The van der Waals surface area contributed by atoms with E-state index < -0.39 is 5.92 Å². The first-order valence-electron chi connectivity index (χ1n) is 6.98. The minimum atomic E-state index is -0.545. The second kappa shape index (κ2) is 6.05. The van der Waals surface area contributed by atoms with Gasteiger partial charge in [-0.05, 0) is 19.1 Å². The van der Waals surface area contributed by atoms with Gasteiger partial charge in [-0.2, -0.15) is 0 Å². The smallest absolute Gasteiger partial charge is 0.132 e. The van der Waals surface area contributed by atoms with Crippen molar-refractivity contribution in [2.75, 3.05) is 0 Å². The van der Waals surface area contributed by atoms with Crippen molar-refractivity contribution in [3.8, 4) is 5.75 Å². The summed E-state index contributed by atoms with van der Waals surface area (Å²) in [4.78, 5) is 11.6. The van der Waals surface area contributed by atoms with Crippen LogP contribution in [0.3, 0.4) is 0 Å². The first kappa shape index (κ1) is 15.0. The van der Waals surface area contributed by atoms with Crippen molar-refractivity contribution in [1.29, 1.82) is 0 Å². The van der Waals surface area contributed by atoms with Gasteiger partial charge in [-0.15, -0.1) is 0 Å². The highest BCUT2D eigenvalue weighted by molar-refractivity contribution is 9.09. The minimum Gasteiger partial charge on any atom is -0.460 e. The van der Waals surface area contributed by atoms with Crippen LogP contribution in [0.25, 0.3) is 5.57 Å². The Labute approximate surface area is 136 Å². The van der Waals surface area contributed by atoms with Crippen LogP contribution in [0.15, 0.2) is 54.3 Å². The zero-order valence-corrected chi connectivity index (χ0v) is 13.5. The molecule has 0 saturated heterocycles. The molecule has 0 aliphatic carbocycles. The molecule has 0 N–H and O–H groups in total. The molecule has 1 aliphatic rings. The predicted octanol–water partition coefficient (Wildman–Crippen LogP) is 4.70. The van der Waals surface area contributed by atoms with E-state index in [2.05, 4.69) is 15.9 Å². The van der Waals surface area contributed by atoms with E-state index in [0.29, 0.717) is 22.6 Å². The molecule has 2 atom stereocenters. The molecule has 2 aromatic carbocycles. The molecule has 0 radical (unpaired) electrons. The number of ether oxygens (including phenoxy) is 1. The maximum absolute atomic E-state index is 14.3. The molecule has 1 heterocycles. The molecule has 2 aromatic rings. The Kier molecular flexibility index (Phi) is 4.12. The molecule has 112 valence electrons. The van der Waals surface area contributed by atoms with Crippen LogP contribution in [0.2, 0.25) is 0 Å². The van der Waals surface area contributed by atoms with E-state index in [1.54, 1.807) is 18.2 Å². The van der Waals surface area contributed by atoms with Crippen molar-refractivity contribution in [1.82, 2.24) is 0 Å². The number of allylic oxidation sites excluding steroid dienone is 2. The molecule has 3 rings (SSSR count). The van der Waals surface area contributed by atoms with Crippen molar-refractivity contribution in [2.45, 2.75) is 17.7 Å². The zero-order valence-electron chi connectivity index (χ0n) is 11.9. The van der Waals surface area contributed by atoms with Crippen LogP contribution in [-0.2, 0) is 4.79 Å². The highest BCUT2D eigenvalue weighted by atomic mass is 79.9. The van der Waals surface area contributed by atoms with Crippen LogP contribution in [0.1, 0.15) is 24.0 Å². The van der Waals surface area contributed by atoms with Crippen molar-refractivity contribution < 1.29 is 13.9 Å². The molecule has 2 nitrogen and oxygen atoms in total. The lowest BCUT2D eigenvalue weighted by atomic mass is 9.84. The molecular formula is C18H14BrFO2. The fourth-order valence-corrected chi connectivity index (χ4v) is 3.07. The average Bonchev–Trinajstić information content (AvgIpc) is 2.53. The monoisotopic (exact) mass is 360 g/mol. The zero-order chi connectivity index (χ0) is 15.7. The van der Waals surface area contributed by atoms with E-state index >= 15 is 0 Å². The number of rotatable bonds is 3. The van der Waals surface area contributed by atoms with Gasteiger partial charge in [0.15, 0.2) is 0 Å². The summed E-state index contributed by atoms with van der Waals surface area (Å²) in [5, 5.41) is 0. The molecular weight excluding hydrogens is 347 g/mol. The summed E-state index contributed by atoms with van der Waals surface area (Å²) in [7, 11) is 0. The van der Waals surface area contributed by atoms with Crippen LogP contribution in [0.4, 0.5) is 4.39 Å². The lowest BCUT2D eigenvalue weighted by Crippen LogP contribution is -2.20. The average molecular weight is 361 g/mol. The highest BCUT2D eigenvalue weighted by Gasteiger charge is 2.33. The molecule has 2 unspecified atom stereocenters. The van der Waals surface area contributed by atoms with E-state index in [9.17, 15) is 9.18 Å². The highest BCUT2D eigenvalue weighted by Crippen LogP contribution is 2.45. The van der Waals surface area contributed by atoms with E-state index in [4.69, 9.17) is 4.74 Å². The normalized spacial score (nSPS) is 18.4. The van der Waals surface area contributed by atoms with Gasteiger partial charge >= 0.3 is 0 Å². The summed E-state index contributed by atoms with van der Waals surface area (Å²) in [6.45, 7) is 1.89. The van der Waals surface area contributed by atoms with Crippen molar-refractivity contribution in [2.24, 2.45) is 0 Å². The Balaban J connectivity index is 2.27. The molecule has 0 amide bonds. The number of aldehydes is 1. The Morgan fingerprint density at radius 3 is 2.55 bits per heavy atom. The minimum absolute atomic E-state index is 0.141. The standard InChI is InChI=1S/C18H14BrFO2/c1-11(19)18-17(13-7-2-4-8-15(13)20)14(10-21)12-6-3-5-9-16(12)22-18/h2-11,14H,1H3. The summed E-state index contributed by atoms with van der Waals surface area (Å²) in [5.74, 6) is 0.303. The van der Waals surface area contributed by atoms with Gasteiger partial charge in [-0.3, -0.25) is 0 Å². The van der Waals surface area contributed by atoms with E-state index in [1.165, 1.54) is 6.07 Å². The maximum atomic E-state index is 14.3. The molecule has 0 fully saturated rings. The lowest BCUT2D eigenvalue weighted by molar-refractivity contribution is -0.108. The van der Waals surface area contributed by atoms with Gasteiger partial charge < -0.3 is 9.53 Å². The number of carbonyl (C=O) groups is 1. The van der Waals surface area contributed by atoms with Crippen LogP contribution in [0.5, 0.6) is 5.75 Å².